The van der Waals surface area contributed by atoms with Gasteiger partial charge < -0.3 is 39.8 Å². The lowest BCUT2D eigenvalue weighted by molar-refractivity contribution is -0.0502. The summed E-state index contributed by atoms with van der Waals surface area (Å²) in [6.45, 7) is -0.930. The van der Waals surface area contributed by atoms with E-state index in [1.165, 1.54) is 17.2 Å². The Hall–Kier alpha value is -2.14. The van der Waals surface area contributed by atoms with Gasteiger partial charge in [0.15, 0.2) is 23.2 Å². The maximum Gasteiger partial charge on any atom is 0.480 e. The van der Waals surface area contributed by atoms with Gasteiger partial charge in [0.05, 0.1) is 12.9 Å². The van der Waals surface area contributed by atoms with E-state index in [1.54, 1.807) is 12.1 Å². The SMILES string of the molecule is O=P(O)(O)NP(=O)(O)OP(=O)(O)OC[C@H]1O[C@@H](n2cnc3c(Nc4ccccc4)ncnc32)[C@H](O)[C@@H]1O. The summed E-state index contributed by atoms with van der Waals surface area (Å²) in [5.74, 6) is 0.346. The fourth-order valence-electron chi connectivity index (χ4n) is 3.40. The first kappa shape index (κ1) is 27.9. The normalized spacial score (nSPS) is 25.6. The molecule has 0 bridgehead atoms. The predicted molar refractivity (Wildman–Crippen MR) is 123 cm³/mol. The Morgan fingerprint density at radius 3 is 2.38 bits per heavy atom. The second-order valence-corrected chi connectivity index (χ2v) is 12.4. The average molecular weight is 582 g/mol. The fraction of sp³-hybridized carbons (Fsp3) is 0.312. The molecule has 37 heavy (non-hydrogen) atoms. The Labute approximate surface area is 207 Å². The van der Waals surface area contributed by atoms with Crippen molar-refractivity contribution in [3.8, 4) is 0 Å². The molecule has 3 aromatic rings. The van der Waals surface area contributed by atoms with E-state index in [0.717, 1.165) is 10.5 Å². The highest BCUT2D eigenvalue weighted by Gasteiger charge is 2.46. The molecule has 202 valence electrons. The molecule has 6 atom stereocenters. The van der Waals surface area contributed by atoms with E-state index < -0.39 is 54.5 Å². The lowest BCUT2D eigenvalue weighted by Gasteiger charge is -2.19. The van der Waals surface area contributed by atoms with Crippen molar-refractivity contribution in [2.75, 3.05) is 11.9 Å². The van der Waals surface area contributed by atoms with E-state index in [-0.39, 0.29) is 5.65 Å². The molecule has 0 saturated carbocycles. The summed E-state index contributed by atoms with van der Waals surface area (Å²) >= 11 is 0. The number of phosphoric ester groups is 1. The van der Waals surface area contributed by atoms with Crippen LogP contribution in [-0.2, 0) is 27.3 Å². The third-order valence-corrected chi connectivity index (χ3v) is 9.12. The number of ether oxygens (including phenoxy) is 1. The van der Waals surface area contributed by atoms with Gasteiger partial charge in [0.2, 0.25) is 0 Å². The Morgan fingerprint density at radius 2 is 1.70 bits per heavy atom. The van der Waals surface area contributed by atoms with Crippen LogP contribution < -0.4 is 10.2 Å². The number of benzene rings is 1. The summed E-state index contributed by atoms with van der Waals surface area (Å²) in [4.78, 5) is 49.7. The molecule has 0 spiro atoms. The molecule has 2 aromatic heterocycles. The maximum atomic E-state index is 12.0. The van der Waals surface area contributed by atoms with Crippen molar-refractivity contribution in [3.63, 3.8) is 0 Å². The van der Waals surface area contributed by atoms with Gasteiger partial charge in [0.25, 0.3) is 0 Å². The summed E-state index contributed by atoms with van der Waals surface area (Å²) in [5, 5.41) is 24.0. The number of hydrogen-bond donors (Lipinski definition) is 8. The van der Waals surface area contributed by atoms with E-state index in [4.69, 9.17) is 14.5 Å². The number of para-hydroxylation sites is 1. The molecular weight excluding hydrogens is 561 g/mol. The summed E-state index contributed by atoms with van der Waals surface area (Å²) in [6, 6.07) is 9.07. The molecular formula is C16H21N6O12P3. The van der Waals surface area contributed by atoms with Crippen LogP contribution in [0.15, 0.2) is 43.0 Å². The highest BCUT2D eigenvalue weighted by atomic mass is 31.3. The first-order valence-corrected chi connectivity index (χ1v) is 14.8. The smallest absolute Gasteiger partial charge is 0.387 e. The number of phosphoric acid groups is 1. The van der Waals surface area contributed by atoms with Crippen LogP contribution in [0.1, 0.15) is 6.23 Å². The van der Waals surface area contributed by atoms with Crippen LogP contribution in [0.2, 0.25) is 0 Å². The summed E-state index contributed by atoms with van der Waals surface area (Å²) < 4.78 is 49.7. The van der Waals surface area contributed by atoms with Crippen LogP contribution in [0.4, 0.5) is 11.5 Å². The first-order valence-electron chi connectivity index (χ1n) is 10.1. The number of aliphatic hydroxyl groups is 2. The molecule has 0 amide bonds. The minimum absolute atomic E-state index is 0.215. The Bertz CT molecular complexity index is 1400. The molecule has 0 aliphatic carbocycles. The van der Waals surface area contributed by atoms with Crippen molar-refractivity contribution < 1.29 is 57.1 Å². The standard InChI is InChI=1S/C16H21N6O12P3/c23-12-10(6-32-37(30,31)34-36(28,29)21-35(25,26)27)33-16(13(12)24)22-8-19-11-14(17-7-18-15(11)22)20-9-4-2-1-3-5-9/h1-5,7-8,10,12-13,16,23-24H,6H2,(H,30,31)(H,17,18,20)(H4,21,25,26,27,28,29)/t10-,12-,13-,16-/m1/s1. The molecule has 21 heteroatoms. The zero-order valence-electron chi connectivity index (χ0n) is 18.3. The van der Waals surface area contributed by atoms with Crippen LogP contribution in [0.3, 0.4) is 0 Å². The molecule has 8 N–H and O–H groups in total. The minimum Gasteiger partial charge on any atom is -0.387 e. The molecule has 2 unspecified atom stereocenters. The topological polar surface area (TPSA) is 268 Å². The molecule has 1 aromatic carbocycles. The maximum absolute atomic E-state index is 12.0. The molecule has 3 heterocycles. The van der Waals surface area contributed by atoms with E-state index >= 15 is 0 Å². The number of nitrogens with zero attached hydrogens (tertiary/aromatic N) is 4. The third-order valence-electron chi connectivity index (χ3n) is 4.88. The third kappa shape index (κ3) is 6.85. The van der Waals surface area contributed by atoms with Gasteiger partial charge in [-0.05, 0) is 12.1 Å². The number of imidazole rings is 1. The second-order valence-electron chi connectivity index (χ2n) is 7.59. The van der Waals surface area contributed by atoms with Gasteiger partial charge in [-0.15, -0.1) is 4.86 Å². The molecule has 1 saturated heterocycles. The largest absolute Gasteiger partial charge is 0.480 e. The van der Waals surface area contributed by atoms with Gasteiger partial charge in [-0.1, -0.05) is 18.2 Å². The molecule has 0 radical (unpaired) electrons. The van der Waals surface area contributed by atoms with Crippen LogP contribution in [0.5, 0.6) is 0 Å². The summed E-state index contributed by atoms with van der Waals surface area (Å²) in [7, 11) is -16.2. The number of anilines is 2. The minimum atomic E-state index is -5.47. The van der Waals surface area contributed by atoms with Crippen molar-refractivity contribution >= 4 is 46.0 Å². The highest BCUT2D eigenvalue weighted by Crippen LogP contribution is 2.61. The highest BCUT2D eigenvalue weighted by molar-refractivity contribution is 7.70. The summed E-state index contributed by atoms with van der Waals surface area (Å²) in [5.41, 5.74) is 1.24. The van der Waals surface area contributed by atoms with Gasteiger partial charge in [-0.3, -0.25) is 9.09 Å². The van der Waals surface area contributed by atoms with Crippen LogP contribution in [-0.4, -0.2) is 74.2 Å². The zero-order valence-corrected chi connectivity index (χ0v) is 21.0. The number of rotatable bonds is 10. The first-order chi connectivity index (χ1) is 17.2. The van der Waals surface area contributed by atoms with E-state index in [2.05, 4.69) is 29.1 Å². The molecule has 1 fully saturated rings. The lowest BCUT2D eigenvalue weighted by Crippen LogP contribution is -2.33. The van der Waals surface area contributed by atoms with E-state index in [1.807, 2.05) is 18.2 Å². The average Bonchev–Trinajstić information content (AvgIpc) is 3.33. The molecule has 1 aliphatic rings. The quantitative estimate of drug-likeness (QED) is 0.147. The van der Waals surface area contributed by atoms with Gasteiger partial charge in [0, 0.05) is 5.69 Å². The lowest BCUT2D eigenvalue weighted by atomic mass is 10.1. The van der Waals surface area contributed by atoms with Crippen molar-refractivity contribution in [1.29, 1.82) is 0 Å². The van der Waals surface area contributed by atoms with Gasteiger partial charge >= 0.3 is 23.3 Å². The van der Waals surface area contributed by atoms with Crippen LogP contribution in [0, 0.1) is 0 Å². The Kier molecular flexibility index (Phi) is 7.95. The number of nitrogens with one attached hydrogen (secondary N) is 2. The van der Waals surface area contributed by atoms with Crippen molar-refractivity contribution in [2.45, 2.75) is 24.5 Å². The molecule has 18 nitrogen and oxygen atoms in total. The molecule has 4 rings (SSSR count). The Morgan fingerprint density at radius 1 is 1.00 bits per heavy atom. The van der Waals surface area contributed by atoms with Crippen molar-refractivity contribution in [1.82, 2.24) is 24.4 Å². The van der Waals surface area contributed by atoms with Crippen LogP contribution in [0.25, 0.3) is 11.2 Å². The van der Waals surface area contributed by atoms with E-state index in [0.29, 0.717) is 11.3 Å². The number of aliphatic hydroxyl groups excluding tert-OH is 2. The number of aromatic nitrogens is 4. The van der Waals surface area contributed by atoms with Crippen molar-refractivity contribution in [3.05, 3.63) is 43.0 Å². The zero-order chi connectivity index (χ0) is 27.0. The van der Waals surface area contributed by atoms with Crippen LogP contribution >= 0.6 is 23.3 Å². The Balaban J connectivity index is 1.47. The van der Waals surface area contributed by atoms with Gasteiger partial charge in [-0.25, -0.2) is 28.6 Å². The second kappa shape index (κ2) is 10.6. The van der Waals surface area contributed by atoms with E-state index in [9.17, 15) is 33.7 Å². The van der Waals surface area contributed by atoms with Gasteiger partial charge in [0.1, 0.15) is 24.6 Å². The predicted octanol–water partition coefficient (Wildman–Crippen LogP) is 0.105. The monoisotopic (exact) mass is 582 g/mol. The summed E-state index contributed by atoms with van der Waals surface area (Å²) in [6.07, 6.45) is -3.48. The molecule has 1 aliphatic heterocycles. The number of hydrogen-bond acceptors (Lipinski definition) is 12. The van der Waals surface area contributed by atoms with Gasteiger partial charge in [-0.2, -0.15) is 4.31 Å². The fourth-order valence-corrected chi connectivity index (χ4v) is 6.83. The number of fused-ring (bicyclic) bond motifs is 1. The van der Waals surface area contributed by atoms with Crippen molar-refractivity contribution in [2.24, 2.45) is 0 Å².